The Balaban J connectivity index is 1.74. The summed E-state index contributed by atoms with van der Waals surface area (Å²) >= 11 is 0. The minimum atomic E-state index is -0.232. The second-order valence-corrected chi connectivity index (χ2v) is 7.48. The summed E-state index contributed by atoms with van der Waals surface area (Å²) in [5.74, 6) is 1.14. The molecule has 0 atom stereocenters. The summed E-state index contributed by atoms with van der Waals surface area (Å²) in [6.07, 6.45) is 3.37. The molecule has 5 rings (SSSR count). The quantitative estimate of drug-likeness (QED) is 0.257. The van der Waals surface area contributed by atoms with Crippen molar-refractivity contribution in [3.05, 3.63) is 120 Å². The van der Waals surface area contributed by atoms with Gasteiger partial charge < -0.3 is 4.74 Å². The van der Waals surface area contributed by atoms with Crippen molar-refractivity contribution in [2.75, 3.05) is 6.61 Å². The van der Waals surface area contributed by atoms with Crippen molar-refractivity contribution in [3.8, 4) is 17.1 Å². The Morgan fingerprint density at radius 3 is 2.42 bits per heavy atom. The van der Waals surface area contributed by atoms with Gasteiger partial charge in [0.05, 0.1) is 17.1 Å². The van der Waals surface area contributed by atoms with Crippen LogP contribution in [0.1, 0.15) is 5.56 Å². The van der Waals surface area contributed by atoms with E-state index in [0.29, 0.717) is 29.1 Å². The van der Waals surface area contributed by atoms with E-state index in [4.69, 9.17) is 9.72 Å². The molecule has 1 aromatic heterocycles. The lowest BCUT2D eigenvalue weighted by atomic mass is 10.0. The van der Waals surface area contributed by atoms with Crippen molar-refractivity contribution in [3.63, 3.8) is 0 Å². The maximum atomic E-state index is 13.4. The third-order valence-electron chi connectivity index (χ3n) is 5.38. The number of hydrogen-bond acceptors (Lipinski definition) is 4. The summed E-state index contributed by atoms with van der Waals surface area (Å²) in [6.45, 7) is 4.10. The molecule has 0 fully saturated rings. The fourth-order valence-corrected chi connectivity index (χ4v) is 3.80. The van der Waals surface area contributed by atoms with Gasteiger partial charge in [-0.2, -0.15) is 9.78 Å². The molecule has 0 aliphatic heterocycles. The van der Waals surface area contributed by atoms with E-state index in [-0.39, 0.29) is 5.56 Å². The van der Waals surface area contributed by atoms with Crippen LogP contribution >= 0.6 is 0 Å². The van der Waals surface area contributed by atoms with E-state index in [1.807, 2.05) is 84.9 Å². The van der Waals surface area contributed by atoms with Crippen molar-refractivity contribution >= 4 is 27.9 Å². The van der Waals surface area contributed by atoms with Crippen LogP contribution in [0.5, 0.6) is 5.75 Å². The molecule has 0 N–H and O–H groups in total. The minimum absolute atomic E-state index is 0.232. The number of ether oxygens (including phenoxy) is 1. The van der Waals surface area contributed by atoms with Gasteiger partial charge in [-0.25, -0.2) is 4.98 Å². The lowest BCUT2D eigenvalue weighted by Gasteiger charge is -2.12. The first kappa shape index (κ1) is 20.4. The molecule has 0 aliphatic rings. The molecule has 0 unspecified atom stereocenters. The maximum absolute atomic E-state index is 13.4. The topological polar surface area (TPSA) is 56.5 Å². The number of rotatable bonds is 6. The van der Waals surface area contributed by atoms with Crippen LogP contribution in [0.3, 0.4) is 0 Å². The molecule has 0 bridgehead atoms. The summed E-state index contributed by atoms with van der Waals surface area (Å²) in [6, 6.07) is 28.8. The van der Waals surface area contributed by atoms with Crippen LogP contribution in [-0.2, 0) is 0 Å². The zero-order valence-corrected chi connectivity index (χ0v) is 17.9. The first-order valence-corrected chi connectivity index (χ1v) is 10.6. The van der Waals surface area contributed by atoms with Gasteiger partial charge in [0, 0.05) is 11.1 Å². The Bertz CT molecular complexity index is 1550. The Kier molecular flexibility index (Phi) is 5.52. The fraction of sp³-hybridized carbons (Fsp3) is 0.0357. The van der Waals surface area contributed by atoms with E-state index in [2.05, 4.69) is 11.7 Å². The Labute approximate surface area is 190 Å². The molecule has 4 aromatic carbocycles. The molecule has 0 aliphatic carbocycles. The molecule has 5 aromatic rings. The van der Waals surface area contributed by atoms with Gasteiger partial charge in [0.25, 0.3) is 5.56 Å². The number of hydrogen-bond donors (Lipinski definition) is 0. The van der Waals surface area contributed by atoms with E-state index in [1.165, 1.54) is 4.68 Å². The second-order valence-electron chi connectivity index (χ2n) is 7.48. The van der Waals surface area contributed by atoms with Crippen molar-refractivity contribution in [2.45, 2.75) is 0 Å². The summed E-state index contributed by atoms with van der Waals surface area (Å²) in [7, 11) is 0. The SMILES string of the molecule is C=CCOc1ccc2ccccc2c1C=Nn1c(-c2ccccc2)nc2ccccc2c1=O. The van der Waals surface area contributed by atoms with Crippen LogP contribution in [0.2, 0.25) is 0 Å². The number of nitrogens with zero attached hydrogens (tertiary/aromatic N) is 3. The summed E-state index contributed by atoms with van der Waals surface area (Å²) in [5.41, 5.74) is 1.99. The van der Waals surface area contributed by atoms with Gasteiger partial charge in [-0.15, -0.1) is 0 Å². The van der Waals surface area contributed by atoms with Crippen LogP contribution < -0.4 is 10.3 Å². The van der Waals surface area contributed by atoms with Crippen LogP contribution in [0, 0.1) is 0 Å². The van der Waals surface area contributed by atoms with E-state index >= 15 is 0 Å². The molecule has 0 saturated heterocycles. The molecule has 0 spiro atoms. The van der Waals surface area contributed by atoms with Gasteiger partial charge in [0.2, 0.25) is 0 Å². The van der Waals surface area contributed by atoms with Crippen LogP contribution in [0.25, 0.3) is 33.1 Å². The molecule has 0 radical (unpaired) electrons. The lowest BCUT2D eigenvalue weighted by Crippen LogP contribution is -2.20. The molecule has 1 heterocycles. The molecular formula is C28H21N3O2. The number of benzene rings is 4. The highest BCUT2D eigenvalue weighted by Gasteiger charge is 2.13. The third-order valence-corrected chi connectivity index (χ3v) is 5.38. The number of aromatic nitrogens is 2. The van der Waals surface area contributed by atoms with Crippen molar-refractivity contribution in [1.82, 2.24) is 9.66 Å². The summed E-state index contributed by atoms with van der Waals surface area (Å²) in [4.78, 5) is 18.2. The average molecular weight is 431 g/mol. The summed E-state index contributed by atoms with van der Waals surface area (Å²) in [5, 5.41) is 7.17. The van der Waals surface area contributed by atoms with Crippen LogP contribution in [0.15, 0.2) is 114 Å². The van der Waals surface area contributed by atoms with Gasteiger partial charge in [0.1, 0.15) is 12.4 Å². The molecule has 33 heavy (non-hydrogen) atoms. The molecule has 0 saturated carbocycles. The van der Waals surface area contributed by atoms with Gasteiger partial charge >= 0.3 is 0 Å². The van der Waals surface area contributed by atoms with E-state index in [1.54, 1.807) is 18.4 Å². The average Bonchev–Trinajstić information content (AvgIpc) is 2.87. The van der Waals surface area contributed by atoms with Gasteiger partial charge in [0.15, 0.2) is 5.82 Å². The van der Waals surface area contributed by atoms with Crippen molar-refractivity contribution in [1.29, 1.82) is 0 Å². The van der Waals surface area contributed by atoms with Gasteiger partial charge in [-0.1, -0.05) is 85.5 Å². The first-order chi connectivity index (χ1) is 16.3. The zero-order valence-electron chi connectivity index (χ0n) is 17.9. The highest BCUT2D eigenvalue weighted by Crippen LogP contribution is 2.27. The van der Waals surface area contributed by atoms with E-state index in [0.717, 1.165) is 21.9 Å². The zero-order chi connectivity index (χ0) is 22.6. The molecule has 0 amide bonds. The predicted octanol–water partition coefficient (Wildman–Crippen LogP) is 5.66. The van der Waals surface area contributed by atoms with Crippen molar-refractivity contribution < 1.29 is 4.74 Å². The van der Waals surface area contributed by atoms with Crippen molar-refractivity contribution in [2.24, 2.45) is 5.10 Å². The molecular weight excluding hydrogens is 410 g/mol. The fourth-order valence-electron chi connectivity index (χ4n) is 3.80. The number of fused-ring (bicyclic) bond motifs is 2. The molecule has 5 nitrogen and oxygen atoms in total. The highest BCUT2D eigenvalue weighted by molar-refractivity contribution is 6.02. The minimum Gasteiger partial charge on any atom is -0.489 e. The maximum Gasteiger partial charge on any atom is 0.282 e. The largest absolute Gasteiger partial charge is 0.489 e. The molecule has 5 heteroatoms. The third kappa shape index (κ3) is 3.92. The van der Waals surface area contributed by atoms with Gasteiger partial charge in [-0.3, -0.25) is 4.79 Å². The second kappa shape index (κ2) is 8.93. The van der Waals surface area contributed by atoms with Crippen LogP contribution in [-0.4, -0.2) is 22.5 Å². The highest BCUT2D eigenvalue weighted by atomic mass is 16.5. The molecule has 160 valence electrons. The standard InChI is InChI=1S/C28H21N3O2/c1-2-18-33-26-17-16-20-10-6-7-13-22(20)24(26)19-29-31-27(21-11-4-3-5-12-21)30-25-15-9-8-14-23(25)28(31)32/h2-17,19H,1,18H2. The van der Waals surface area contributed by atoms with E-state index in [9.17, 15) is 4.79 Å². The van der Waals surface area contributed by atoms with Gasteiger partial charge in [-0.05, 0) is 29.0 Å². The summed E-state index contributed by atoms with van der Waals surface area (Å²) < 4.78 is 7.24. The Morgan fingerprint density at radius 2 is 1.61 bits per heavy atom. The normalized spacial score (nSPS) is 11.3. The van der Waals surface area contributed by atoms with Crippen LogP contribution in [0.4, 0.5) is 0 Å². The monoisotopic (exact) mass is 431 g/mol. The lowest BCUT2D eigenvalue weighted by molar-refractivity contribution is 0.363. The Morgan fingerprint density at radius 1 is 0.879 bits per heavy atom. The first-order valence-electron chi connectivity index (χ1n) is 10.6. The van der Waals surface area contributed by atoms with E-state index < -0.39 is 0 Å². The number of para-hydroxylation sites is 1. The Hall–Kier alpha value is -4.51. The predicted molar refractivity (Wildman–Crippen MR) is 134 cm³/mol. The smallest absolute Gasteiger partial charge is 0.282 e.